The van der Waals surface area contributed by atoms with Gasteiger partial charge in [0.15, 0.2) is 0 Å². The second-order valence-corrected chi connectivity index (χ2v) is 5.66. The molecule has 0 aliphatic rings. The van der Waals surface area contributed by atoms with Crippen molar-refractivity contribution >= 4 is 22.9 Å². The fraction of sp³-hybridized carbons (Fsp3) is 0.267. The van der Waals surface area contributed by atoms with Crippen LogP contribution in [0, 0.1) is 6.92 Å². The van der Waals surface area contributed by atoms with Crippen LogP contribution < -0.4 is 5.73 Å². The van der Waals surface area contributed by atoms with E-state index < -0.39 is 0 Å². The summed E-state index contributed by atoms with van der Waals surface area (Å²) in [4.78, 5) is 15.3. The van der Waals surface area contributed by atoms with Crippen LogP contribution in [0.1, 0.15) is 20.8 Å². The summed E-state index contributed by atoms with van der Waals surface area (Å²) in [5, 5.41) is 2.05. The molecular weight excluding hydrogens is 256 g/mol. The number of nitrogens with zero attached hydrogens (tertiary/aromatic N) is 1. The first kappa shape index (κ1) is 13.6. The van der Waals surface area contributed by atoms with Crippen molar-refractivity contribution < 1.29 is 4.79 Å². The number of hydrogen-bond acceptors (Lipinski definition) is 3. The van der Waals surface area contributed by atoms with Gasteiger partial charge in [0, 0.05) is 29.7 Å². The van der Waals surface area contributed by atoms with Gasteiger partial charge >= 0.3 is 0 Å². The van der Waals surface area contributed by atoms with Gasteiger partial charge in [0.25, 0.3) is 5.91 Å². The number of nitrogens with two attached hydrogens (primary N) is 1. The molecule has 100 valence electrons. The van der Waals surface area contributed by atoms with Crippen LogP contribution in [0.4, 0.5) is 5.69 Å². The summed E-state index contributed by atoms with van der Waals surface area (Å²) >= 11 is 1.72. The lowest BCUT2D eigenvalue weighted by Crippen LogP contribution is -2.28. The molecule has 0 saturated heterocycles. The number of carbonyl (C=O) groups is 1. The summed E-state index contributed by atoms with van der Waals surface area (Å²) in [6, 6.07) is 9.58. The Morgan fingerprint density at radius 1 is 1.37 bits per heavy atom. The molecule has 3 nitrogen and oxygen atoms in total. The van der Waals surface area contributed by atoms with E-state index >= 15 is 0 Å². The zero-order chi connectivity index (χ0) is 13.8. The first-order chi connectivity index (χ1) is 9.08. The molecule has 0 saturated carbocycles. The molecule has 4 heteroatoms. The van der Waals surface area contributed by atoms with E-state index in [0.29, 0.717) is 17.8 Å². The molecule has 0 aliphatic heterocycles. The van der Waals surface area contributed by atoms with Crippen molar-refractivity contribution in [3.8, 4) is 0 Å². The van der Waals surface area contributed by atoms with Gasteiger partial charge in [-0.25, -0.2) is 0 Å². The van der Waals surface area contributed by atoms with Crippen molar-refractivity contribution in [1.29, 1.82) is 0 Å². The maximum Gasteiger partial charge on any atom is 0.253 e. The maximum absolute atomic E-state index is 12.2. The lowest BCUT2D eigenvalue weighted by Gasteiger charge is -2.17. The van der Waals surface area contributed by atoms with Crippen LogP contribution in [-0.2, 0) is 6.42 Å². The van der Waals surface area contributed by atoms with Gasteiger partial charge in [-0.15, -0.1) is 11.3 Å². The lowest BCUT2D eigenvalue weighted by atomic mass is 10.1. The van der Waals surface area contributed by atoms with Gasteiger partial charge < -0.3 is 10.6 Å². The molecule has 2 N–H and O–H groups in total. The zero-order valence-electron chi connectivity index (χ0n) is 11.2. The van der Waals surface area contributed by atoms with Gasteiger partial charge in [0.05, 0.1) is 0 Å². The number of likely N-dealkylation sites (N-methyl/N-ethyl adjacent to an activating group) is 1. The Hall–Kier alpha value is -1.81. The molecule has 1 heterocycles. The van der Waals surface area contributed by atoms with Crippen molar-refractivity contribution in [1.82, 2.24) is 4.90 Å². The van der Waals surface area contributed by atoms with Gasteiger partial charge in [-0.3, -0.25) is 4.79 Å². The molecule has 0 bridgehead atoms. The molecule has 0 aliphatic carbocycles. The number of rotatable bonds is 4. The highest BCUT2D eigenvalue weighted by molar-refractivity contribution is 7.09. The average Bonchev–Trinajstić information content (AvgIpc) is 2.91. The van der Waals surface area contributed by atoms with Crippen molar-refractivity contribution in [2.75, 3.05) is 19.3 Å². The number of thiophene rings is 1. The SMILES string of the molecule is Cc1ccc(C(=O)N(C)CCc2cccs2)cc1N. The molecule has 1 aromatic carbocycles. The number of carbonyl (C=O) groups excluding carboxylic acids is 1. The van der Waals surface area contributed by atoms with Gasteiger partial charge in [-0.2, -0.15) is 0 Å². The summed E-state index contributed by atoms with van der Waals surface area (Å²) in [5.41, 5.74) is 8.15. The molecule has 0 atom stereocenters. The summed E-state index contributed by atoms with van der Waals surface area (Å²) in [6.45, 7) is 2.65. The number of hydrogen-bond donors (Lipinski definition) is 1. The highest BCUT2D eigenvalue weighted by atomic mass is 32.1. The van der Waals surface area contributed by atoms with Gasteiger partial charge in [-0.1, -0.05) is 12.1 Å². The second-order valence-electron chi connectivity index (χ2n) is 4.63. The molecule has 1 aromatic heterocycles. The lowest BCUT2D eigenvalue weighted by molar-refractivity contribution is 0.0797. The number of amides is 1. The molecule has 19 heavy (non-hydrogen) atoms. The van der Waals surface area contributed by atoms with E-state index in [1.165, 1.54) is 4.88 Å². The van der Waals surface area contributed by atoms with Gasteiger partial charge in [-0.05, 0) is 42.5 Å². The Balaban J connectivity index is 2.00. The van der Waals surface area contributed by atoms with Crippen LogP contribution in [0.3, 0.4) is 0 Å². The predicted molar refractivity (Wildman–Crippen MR) is 80.6 cm³/mol. The molecule has 1 amide bonds. The third kappa shape index (κ3) is 3.35. The van der Waals surface area contributed by atoms with Gasteiger partial charge in [0.1, 0.15) is 0 Å². The highest BCUT2D eigenvalue weighted by Crippen LogP contribution is 2.15. The quantitative estimate of drug-likeness (QED) is 0.871. The van der Waals surface area contributed by atoms with E-state index in [0.717, 1.165) is 12.0 Å². The van der Waals surface area contributed by atoms with Crippen molar-refractivity contribution in [2.24, 2.45) is 0 Å². The van der Waals surface area contributed by atoms with E-state index in [1.54, 1.807) is 22.3 Å². The number of aryl methyl sites for hydroxylation is 1. The molecule has 0 fully saturated rings. The van der Waals surface area contributed by atoms with Crippen molar-refractivity contribution in [3.05, 3.63) is 51.7 Å². The monoisotopic (exact) mass is 274 g/mol. The fourth-order valence-corrected chi connectivity index (χ4v) is 2.53. The van der Waals surface area contributed by atoms with Crippen LogP contribution in [0.25, 0.3) is 0 Å². The van der Waals surface area contributed by atoms with Crippen LogP contribution in [0.15, 0.2) is 35.7 Å². The van der Waals surface area contributed by atoms with E-state index in [4.69, 9.17) is 5.73 Å². The van der Waals surface area contributed by atoms with E-state index in [9.17, 15) is 4.79 Å². The molecule has 0 unspecified atom stereocenters. The molecule has 2 aromatic rings. The summed E-state index contributed by atoms with van der Waals surface area (Å²) < 4.78 is 0. The highest BCUT2D eigenvalue weighted by Gasteiger charge is 2.12. The van der Waals surface area contributed by atoms with Crippen LogP contribution in [-0.4, -0.2) is 24.4 Å². The van der Waals surface area contributed by atoms with E-state index in [2.05, 4.69) is 11.4 Å². The fourth-order valence-electron chi connectivity index (χ4n) is 1.83. The minimum atomic E-state index is 0.0169. The minimum absolute atomic E-state index is 0.0169. The van der Waals surface area contributed by atoms with Crippen LogP contribution >= 0.6 is 11.3 Å². The minimum Gasteiger partial charge on any atom is -0.398 e. The second kappa shape index (κ2) is 5.89. The summed E-state index contributed by atoms with van der Waals surface area (Å²) in [6.07, 6.45) is 0.890. The number of nitrogen functional groups attached to an aromatic ring is 1. The Kier molecular flexibility index (Phi) is 4.22. The summed E-state index contributed by atoms with van der Waals surface area (Å²) in [5.74, 6) is 0.0169. The standard InChI is InChI=1S/C15H18N2OS/c1-11-5-6-12(10-14(11)16)15(18)17(2)8-7-13-4-3-9-19-13/h3-6,9-10H,7-8,16H2,1-2H3. The molecule has 0 spiro atoms. The van der Waals surface area contributed by atoms with E-state index in [-0.39, 0.29) is 5.91 Å². The third-order valence-corrected chi connectivity index (χ3v) is 4.08. The number of benzene rings is 1. The van der Waals surface area contributed by atoms with Crippen molar-refractivity contribution in [3.63, 3.8) is 0 Å². The zero-order valence-corrected chi connectivity index (χ0v) is 12.0. The largest absolute Gasteiger partial charge is 0.398 e. The molecule has 0 radical (unpaired) electrons. The van der Waals surface area contributed by atoms with Crippen molar-refractivity contribution in [2.45, 2.75) is 13.3 Å². The third-order valence-electron chi connectivity index (χ3n) is 3.15. The Bertz CT molecular complexity index is 564. The van der Waals surface area contributed by atoms with Gasteiger partial charge in [0.2, 0.25) is 0 Å². The topological polar surface area (TPSA) is 46.3 Å². The molecule has 2 rings (SSSR count). The predicted octanol–water partition coefficient (Wildman–Crippen LogP) is 2.95. The number of anilines is 1. The van der Waals surface area contributed by atoms with Crippen LogP contribution in [0.5, 0.6) is 0 Å². The first-order valence-corrected chi connectivity index (χ1v) is 7.10. The summed E-state index contributed by atoms with van der Waals surface area (Å²) in [7, 11) is 1.83. The van der Waals surface area contributed by atoms with Crippen LogP contribution in [0.2, 0.25) is 0 Å². The van der Waals surface area contributed by atoms with E-state index in [1.807, 2.05) is 32.2 Å². The Morgan fingerprint density at radius 2 is 2.16 bits per heavy atom. The Morgan fingerprint density at radius 3 is 2.79 bits per heavy atom. The normalized spacial score (nSPS) is 10.4. The molecular formula is C15H18N2OS. The smallest absolute Gasteiger partial charge is 0.253 e. The Labute approximate surface area is 117 Å². The maximum atomic E-state index is 12.2. The first-order valence-electron chi connectivity index (χ1n) is 6.22. The average molecular weight is 274 g/mol.